The minimum absolute atomic E-state index is 0.0752. The van der Waals surface area contributed by atoms with Crippen molar-refractivity contribution < 1.29 is 33.8 Å². The highest BCUT2D eigenvalue weighted by Crippen LogP contribution is 2.35. The van der Waals surface area contributed by atoms with Crippen LogP contribution in [0.1, 0.15) is 62.0 Å². The summed E-state index contributed by atoms with van der Waals surface area (Å²) >= 11 is 0. The molecule has 2 fully saturated rings. The second-order valence-corrected chi connectivity index (χ2v) is 14.1. The number of methoxy groups -OCH3 is 2. The Bertz CT molecular complexity index is 2170. The molecule has 5 heterocycles. The van der Waals surface area contributed by atoms with E-state index in [1.807, 2.05) is 48.5 Å². The van der Waals surface area contributed by atoms with E-state index in [-0.39, 0.29) is 30.3 Å². The van der Waals surface area contributed by atoms with Crippen molar-refractivity contribution >= 4 is 24.0 Å². The van der Waals surface area contributed by atoms with Crippen LogP contribution in [0.25, 0.3) is 33.6 Å². The summed E-state index contributed by atoms with van der Waals surface area (Å²) in [5.41, 5.74) is 6.01. The maximum Gasteiger partial charge on any atom is 0.407 e. The van der Waals surface area contributed by atoms with Crippen molar-refractivity contribution in [1.29, 1.82) is 0 Å². The number of likely N-dealkylation sites (tertiary alicyclic amines) is 2. The third-order valence-corrected chi connectivity index (χ3v) is 10.7. The third kappa shape index (κ3) is 8.50. The van der Waals surface area contributed by atoms with Crippen molar-refractivity contribution in [2.24, 2.45) is 0 Å². The Morgan fingerprint density at radius 3 is 1.79 bits per heavy atom. The quantitative estimate of drug-likeness (QED) is 0.0990. The topological polar surface area (TPSA) is 236 Å². The van der Waals surface area contributed by atoms with Crippen molar-refractivity contribution in [2.45, 2.75) is 69.3 Å². The Morgan fingerprint density at radius 1 is 0.789 bits per heavy atom. The largest absolute Gasteiger partial charge is 0.465 e. The lowest BCUT2D eigenvalue weighted by atomic mass is 10.0. The first kappa shape index (κ1) is 38.7. The fourth-order valence-electron chi connectivity index (χ4n) is 7.58. The van der Waals surface area contributed by atoms with Crippen molar-refractivity contribution in [3.63, 3.8) is 0 Å². The van der Waals surface area contributed by atoms with Crippen molar-refractivity contribution in [3.8, 4) is 33.6 Å². The molecule has 18 heteroatoms. The number of hydrogen-bond acceptors (Lipinski definition) is 10. The Labute approximate surface area is 327 Å². The molecule has 0 radical (unpaired) electrons. The second-order valence-electron chi connectivity index (χ2n) is 14.1. The van der Waals surface area contributed by atoms with Crippen LogP contribution in [-0.2, 0) is 25.5 Å². The summed E-state index contributed by atoms with van der Waals surface area (Å²) in [5, 5.41) is 24.6. The molecule has 2 aliphatic heterocycles. The Balaban J connectivity index is 0.999. The summed E-state index contributed by atoms with van der Waals surface area (Å²) in [6.07, 6.45) is 5.50. The van der Waals surface area contributed by atoms with Gasteiger partial charge in [-0.2, -0.15) is 15.4 Å². The molecule has 18 nitrogen and oxygen atoms in total. The van der Waals surface area contributed by atoms with E-state index in [2.05, 4.69) is 46.0 Å². The number of ether oxygens (including phenoxy) is 2. The monoisotopic (exact) mass is 779 g/mol. The fourth-order valence-corrected chi connectivity index (χ4v) is 7.58. The van der Waals surface area contributed by atoms with Crippen LogP contribution in [0.15, 0.2) is 67.1 Å². The standard InChI is InChI=1S/C39H45N11O7/c1-22(56-2)33(46-39(55)57-3)37(52)50-17-5-7-32(50)35-41-21-30(44-35)26-14-10-24(11-15-26)23-8-12-25(13-9-23)29-20-40-34(43-29)31-6-4-16-49(31)36(51)28(45-38(53)54)18-27-19-42-48-47-27/h8-15,19-22,28,31-33,45H,4-7,16-18H2,1-3H3,(H,40,43)(H,41,44)(H,46,55)(H,53,54)(H,42,47,48)/t22-,28+,31+,32?,33+/m1/s1. The van der Waals surface area contributed by atoms with Gasteiger partial charge in [0.15, 0.2) is 0 Å². The summed E-state index contributed by atoms with van der Waals surface area (Å²) in [5.74, 6) is 0.718. The van der Waals surface area contributed by atoms with E-state index in [9.17, 15) is 24.3 Å². The number of imidazole rings is 2. The molecule has 0 bridgehead atoms. The molecular weight excluding hydrogens is 734 g/mol. The molecule has 57 heavy (non-hydrogen) atoms. The number of benzene rings is 2. The number of carboxylic acid groups (broad SMARTS) is 1. The predicted molar refractivity (Wildman–Crippen MR) is 205 cm³/mol. The van der Waals surface area contributed by atoms with Gasteiger partial charge in [-0.05, 0) is 54.9 Å². The number of amides is 4. The van der Waals surface area contributed by atoms with Crippen LogP contribution in [0.5, 0.6) is 0 Å². The summed E-state index contributed by atoms with van der Waals surface area (Å²) in [6, 6.07) is 13.7. The maximum absolute atomic E-state index is 13.6. The highest BCUT2D eigenvalue weighted by atomic mass is 16.5. The number of aromatic amines is 3. The number of carbonyl (C=O) groups excluding carboxylic acids is 3. The highest BCUT2D eigenvalue weighted by molar-refractivity contribution is 5.87. The SMILES string of the molecule is COC(=O)N[C@H](C(=O)N1CCCC1c1ncc(-c2ccc(-c3ccc(-c4cnc([C@@H]5CCCN5C(=O)[C@H](Cc5cn[nH]n5)NC(=O)O)[nH]4)cc3)cc2)[nH]1)[C@@H](C)OC. The molecule has 0 spiro atoms. The van der Waals surface area contributed by atoms with Crippen molar-refractivity contribution in [2.75, 3.05) is 27.3 Å². The molecule has 5 atom stereocenters. The number of alkyl carbamates (subject to hydrolysis) is 1. The van der Waals surface area contributed by atoms with Gasteiger partial charge < -0.3 is 45.0 Å². The van der Waals surface area contributed by atoms with Crippen LogP contribution >= 0.6 is 0 Å². The zero-order valence-electron chi connectivity index (χ0n) is 31.8. The number of carbonyl (C=O) groups is 4. The average molecular weight is 780 g/mol. The molecule has 0 aliphatic carbocycles. The Morgan fingerprint density at radius 2 is 1.32 bits per heavy atom. The van der Waals surface area contributed by atoms with Gasteiger partial charge in [0.2, 0.25) is 11.8 Å². The number of rotatable bonds is 13. The van der Waals surface area contributed by atoms with Crippen LogP contribution in [0.4, 0.5) is 9.59 Å². The van der Waals surface area contributed by atoms with E-state index in [4.69, 9.17) is 9.47 Å². The van der Waals surface area contributed by atoms with Gasteiger partial charge in [-0.15, -0.1) is 0 Å². The highest BCUT2D eigenvalue weighted by Gasteiger charge is 2.39. The number of H-pyrrole nitrogens is 3. The maximum atomic E-state index is 13.6. The number of nitrogens with zero attached hydrogens (tertiary/aromatic N) is 6. The summed E-state index contributed by atoms with van der Waals surface area (Å²) in [4.78, 5) is 70.2. The molecule has 298 valence electrons. The molecule has 2 aromatic carbocycles. The van der Waals surface area contributed by atoms with E-state index >= 15 is 0 Å². The lowest BCUT2D eigenvalue weighted by Gasteiger charge is -2.30. The van der Waals surface area contributed by atoms with E-state index in [1.165, 1.54) is 20.4 Å². The van der Waals surface area contributed by atoms with Gasteiger partial charge in [-0.3, -0.25) is 9.59 Å². The third-order valence-electron chi connectivity index (χ3n) is 10.7. The minimum Gasteiger partial charge on any atom is -0.465 e. The predicted octanol–water partition coefficient (Wildman–Crippen LogP) is 4.22. The van der Waals surface area contributed by atoms with Gasteiger partial charge in [0, 0.05) is 26.6 Å². The van der Waals surface area contributed by atoms with Crippen LogP contribution in [-0.4, -0.2) is 120 Å². The van der Waals surface area contributed by atoms with E-state index in [0.29, 0.717) is 36.9 Å². The van der Waals surface area contributed by atoms with Crippen LogP contribution in [0.3, 0.4) is 0 Å². The van der Waals surface area contributed by atoms with E-state index < -0.39 is 30.4 Å². The van der Waals surface area contributed by atoms with Crippen LogP contribution in [0, 0.1) is 0 Å². The van der Waals surface area contributed by atoms with Gasteiger partial charge in [0.1, 0.15) is 23.7 Å². The lowest BCUT2D eigenvalue weighted by molar-refractivity contribution is -0.137. The Kier molecular flexibility index (Phi) is 11.6. The zero-order chi connectivity index (χ0) is 40.1. The first-order chi connectivity index (χ1) is 27.6. The summed E-state index contributed by atoms with van der Waals surface area (Å²) < 4.78 is 10.1. The molecule has 0 saturated carbocycles. The van der Waals surface area contributed by atoms with Gasteiger partial charge in [0.05, 0.1) is 61.0 Å². The molecule has 7 rings (SSSR count). The zero-order valence-corrected chi connectivity index (χ0v) is 31.8. The van der Waals surface area contributed by atoms with Gasteiger partial charge in [-0.25, -0.2) is 19.6 Å². The van der Waals surface area contributed by atoms with Gasteiger partial charge in [-0.1, -0.05) is 48.5 Å². The lowest BCUT2D eigenvalue weighted by Crippen LogP contribution is -2.54. The number of nitrogens with one attached hydrogen (secondary N) is 5. The van der Waals surface area contributed by atoms with Gasteiger partial charge >= 0.3 is 12.2 Å². The molecule has 5 aromatic rings. The average Bonchev–Trinajstić information content (AvgIpc) is 4.08. The Hall–Kier alpha value is -6.56. The number of hydrogen-bond donors (Lipinski definition) is 6. The normalized spacial score (nSPS) is 18.2. The van der Waals surface area contributed by atoms with E-state index in [0.717, 1.165) is 52.9 Å². The second kappa shape index (κ2) is 17.1. The fraction of sp³-hybridized carbons (Fsp3) is 0.385. The smallest absolute Gasteiger partial charge is 0.407 e. The minimum atomic E-state index is -1.29. The summed E-state index contributed by atoms with van der Waals surface area (Å²) in [7, 11) is 2.74. The molecule has 3 aromatic heterocycles. The van der Waals surface area contributed by atoms with Crippen LogP contribution < -0.4 is 10.6 Å². The first-order valence-electron chi connectivity index (χ1n) is 18.8. The molecule has 4 amide bonds. The number of aromatic nitrogens is 7. The molecule has 1 unspecified atom stereocenters. The molecule has 2 aliphatic rings. The van der Waals surface area contributed by atoms with Crippen molar-refractivity contribution in [3.05, 3.63) is 84.5 Å². The molecule has 6 N–H and O–H groups in total. The first-order valence-corrected chi connectivity index (χ1v) is 18.8. The molecule has 2 saturated heterocycles. The molecular formula is C39H45N11O7. The van der Waals surface area contributed by atoms with Crippen molar-refractivity contribution in [1.82, 2.24) is 55.8 Å². The summed E-state index contributed by atoms with van der Waals surface area (Å²) in [6.45, 7) is 2.74. The van der Waals surface area contributed by atoms with Gasteiger partial charge in [0.25, 0.3) is 0 Å². The van der Waals surface area contributed by atoms with Crippen LogP contribution in [0.2, 0.25) is 0 Å². The van der Waals surface area contributed by atoms with E-state index in [1.54, 1.807) is 29.1 Å².